The summed E-state index contributed by atoms with van der Waals surface area (Å²) in [7, 11) is 2.70. The van der Waals surface area contributed by atoms with Crippen LogP contribution in [0.25, 0.3) is 0 Å². The summed E-state index contributed by atoms with van der Waals surface area (Å²) in [6.07, 6.45) is 3.44. The van der Waals surface area contributed by atoms with Crippen molar-refractivity contribution in [2.45, 2.75) is 44.3 Å². The molecule has 0 radical (unpaired) electrons. The number of methoxy groups -OCH3 is 1. The van der Waals surface area contributed by atoms with E-state index in [1.165, 1.54) is 20.4 Å². The van der Waals surface area contributed by atoms with E-state index in [4.69, 9.17) is 25.4 Å². The minimum atomic E-state index is -3.58. The summed E-state index contributed by atoms with van der Waals surface area (Å²) < 4.78 is 29.3. The number of rotatable bonds is 13. The Bertz CT molecular complexity index is 2280. The number of carbonyl (C=O) groups is 4. The minimum absolute atomic E-state index is 0.0738. The smallest absolute Gasteiger partial charge is 0.362 e. The number of anilines is 5. The van der Waals surface area contributed by atoms with Crippen LogP contribution in [0.3, 0.4) is 0 Å². The van der Waals surface area contributed by atoms with E-state index < -0.39 is 37.3 Å². The molecule has 3 aliphatic rings. The summed E-state index contributed by atoms with van der Waals surface area (Å²) in [5.41, 5.74) is 3.52. The Balaban J connectivity index is 0.970. The van der Waals surface area contributed by atoms with E-state index in [1.54, 1.807) is 43.5 Å². The highest BCUT2D eigenvalue weighted by molar-refractivity contribution is 7.62. The number of hydrogen-bond donors (Lipinski definition) is 3. The SMILES string of the molecule is COc1cc(N2CCC(N(C)Cc3ccc4c(c3)C(=O)N(C3CCC(=O)NC3=O)C4=O)CC2)ccc1Nc1ncc(Cl)c(Nc2ccccc2P(=O)(OC)OC)n1. The molecule has 1 aromatic heterocycles. The molecule has 3 aliphatic heterocycles. The molecule has 3 aromatic carbocycles. The molecule has 57 heavy (non-hydrogen) atoms. The first-order valence-corrected chi connectivity index (χ1v) is 20.2. The lowest BCUT2D eigenvalue weighted by Crippen LogP contribution is -2.54. The number of imide groups is 2. The Morgan fingerprint density at radius 3 is 2.37 bits per heavy atom. The van der Waals surface area contributed by atoms with Gasteiger partial charge in [0.15, 0.2) is 5.82 Å². The number of hydrogen-bond acceptors (Lipinski definition) is 14. The van der Waals surface area contributed by atoms with Crippen molar-refractivity contribution in [2.75, 3.05) is 57.0 Å². The average Bonchev–Trinajstić information content (AvgIpc) is 3.46. The summed E-state index contributed by atoms with van der Waals surface area (Å²) in [4.78, 5) is 65.0. The van der Waals surface area contributed by atoms with E-state index in [0.717, 1.165) is 42.1 Å². The zero-order valence-corrected chi connectivity index (χ0v) is 33.4. The summed E-state index contributed by atoms with van der Waals surface area (Å²) in [5.74, 6) is -0.940. The monoisotopic (exact) mass is 816 g/mol. The number of para-hydroxylation sites is 1. The average molecular weight is 817 g/mol. The maximum absolute atomic E-state index is 13.3. The largest absolute Gasteiger partial charge is 0.494 e. The van der Waals surface area contributed by atoms with Crippen LogP contribution < -0.4 is 30.9 Å². The predicted octanol–water partition coefficient (Wildman–Crippen LogP) is 5.24. The third kappa shape index (κ3) is 8.09. The molecule has 3 N–H and O–H groups in total. The molecule has 1 unspecified atom stereocenters. The van der Waals surface area contributed by atoms with Gasteiger partial charge in [0.25, 0.3) is 11.8 Å². The van der Waals surface area contributed by atoms with E-state index in [1.807, 2.05) is 24.3 Å². The molecule has 2 saturated heterocycles. The van der Waals surface area contributed by atoms with Gasteiger partial charge in [-0.1, -0.05) is 29.8 Å². The normalized spacial score (nSPS) is 17.5. The highest BCUT2D eigenvalue weighted by Crippen LogP contribution is 2.47. The zero-order valence-electron chi connectivity index (χ0n) is 31.8. The van der Waals surface area contributed by atoms with Gasteiger partial charge in [0.1, 0.15) is 16.8 Å². The van der Waals surface area contributed by atoms with Crippen LogP contribution in [0.4, 0.5) is 28.8 Å². The standard InChI is InChI=1S/C39H42ClN8O8P/c1-46(22-23-9-11-26-27(19-23)38(52)48(37(26)51)31-13-14-34(49)44-36(31)50)24-15-17-47(18-16-24)25-10-12-29(32(20-25)54-2)43-39-41-21-28(40)35(45-39)42-30-7-5-6-8-33(30)57(53,55-3)56-4/h5-12,19-21,24,31H,13-18,22H2,1-4H3,(H,44,49,50)(H2,41,42,43,45). The van der Waals surface area contributed by atoms with Gasteiger partial charge < -0.3 is 29.3 Å². The first-order chi connectivity index (χ1) is 27.4. The van der Waals surface area contributed by atoms with Crippen molar-refractivity contribution in [2.24, 2.45) is 0 Å². The second-order valence-corrected chi connectivity index (χ2v) is 16.5. The van der Waals surface area contributed by atoms with Crippen molar-refractivity contribution in [1.29, 1.82) is 0 Å². The number of nitrogens with zero attached hydrogens (tertiary/aromatic N) is 5. The number of nitrogens with one attached hydrogen (secondary N) is 3. The van der Waals surface area contributed by atoms with Gasteiger partial charge in [-0.2, -0.15) is 4.98 Å². The molecule has 7 rings (SSSR count). The van der Waals surface area contributed by atoms with Crippen LogP contribution in [-0.2, 0) is 29.7 Å². The molecule has 0 spiro atoms. The van der Waals surface area contributed by atoms with E-state index in [9.17, 15) is 23.7 Å². The van der Waals surface area contributed by atoms with E-state index in [-0.39, 0.29) is 46.8 Å². The van der Waals surface area contributed by atoms with Crippen LogP contribution in [0.15, 0.2) is 66.9 Å². The molecule has 0 bridgehead atoms. The molecule has 18 heteroatoms. The molecular formula is C39H42ClN8O8P. The van der Waals surface area contributed by atoms with Gasteiger partial charge in [-0.3, -0.25) is 38.9 Å². The summed E-state index contributed by atoms with van der Waals surface area (Å²) >= 11 is 6.46. The van der Waals surface area contributed by atoms with Crippen LogP contribution in [0.2, 0.25) is 5.02 Å². The topological polar surface area (TPSA) is 185 Å². The van der Waals surface area contributed by atoms with Crippen molar-refractivity contribution in [3.05, 3.63) is 88.6 Å². The van der Waals surface area contributed by atoms with E-state index >= 15 is 0 Å². The second-order valence-electron chi connectivity index (χ2n) is 13.9. The molecule has 16 nitrogen and oxygen atoms in total. The van der Waals surface area contributed by atoms with Gasteiger partial charge in [0, 0.05) is 58.1 Å². The van der Waals surface area contributed by atoms with Gasteiger partial charge in [-0.05, 0) is 68.3 Å². The lowest BCUT2D eigenvalue weighted by atomic mass is 10.0. The Morgan fingerprint density at radius 2 is 1.65 bits per heavy atom. The Morgan fingerprint density at radius 1 is 0.912 bits per heavy atom. The molecule has 2 fully saturated rings. The molecule has 4 aromatic rings. The molecule has 1 atom stereocenters. The fraction of sp³-hybridized carbons (Fsp3) is 0.333. The number of fused-ring (bicyclic) bond motifs is 1. The van der Waals surface area contributed by atoms with Gasteiger partial charge in [0.2, 0.25) is 17.8 Å². The number of carbonyl (C=O) groups excluding carboxylic acids is 4. The van der Waals surface area contributed by atoms with Gasteiger partial charge >= 0.3 is 7.60 Å². The lowest BCUT2D eigenvalue weighted by molar-refractivity contribution is -0.136. The maximum Gasteiger partial charge on any atom is 0.362 e. The second kappa shape index (κ2) is 16.6. The van der Waals surface area contributed by atoms with Crippen LogP contribution >= 0.6 is 19.2 Å². The van der Waals surface area contributed by atoms with Crippen molar-refractivity contribution in [1.82, 2.24) is 25.1 Å². The summed E-state index contributed by atoms with van der Waals surface area (Å²) in [6, 6.07) is 17.3. The van der Waals surface area contributed by atoms with Crippen molar-refractivity contribution < 1.29 is 37.5 Å². The summed E-state index contributed by atoms with van der Waals surface area (Å²) in [6.45, 7) is 2.18. The summed E-state index contributed by atoms with van der Waals surface area (Å²) in [5, 5.41) is 9.14. The number of piperidine rings is 2. The molecule has 298 valence electrons. The lowest BCUT2D eigenvalue weighted by Gasteiger charge is -2.38. The molecule has 0 aliphatic carbocycles. The Hall–Kier alpha value is -5.38. The van der Waals surface area contributed by atoms with Gasteiger partial charge in [0.05, 0.1) is 41.1 Å². The first-order valence-electron chi connectivity index (χ1n) is 18.3. The van der Waals surface area contributed by atoms with Crippen molar-refractivity contribution in [3.63, 3.8) is 0 Å². The van der Waals surface area contributed by atoms with Crippen molar-refractivity contribution >= 4 is 77.0 Å². The number of benzene rings is 3. The number of amides is 4. The van der Waals surface area contributed by atoms with Crippen LogP contribution in [0.5, 0.6) is 5.75 Å². The Labute approximate surface area is 334 Å². The number of aromatic nitrogens is 2. The van der Waals surface area contributed by atoms with Crippen LogP contribution in [0, 0.1) is 0 Å². The maximum atomic E-state index is 13.3. The quantitative estimate of drug-likeness (QED) is 0.118. The zero-order chi connectivity index (χ0) is 40.4. The minimum Gasteiger partial charge on any atom is -0.494 e. The molecule has 4 heterocycles. The predicted molar refractivity (Wildman–Crippen MR) is 214 cm³/mol. The Kier molecular flexibility index (Phi) is 11.6. The van der Waals surface area contributed by atoms with Crippen LogP contribution in [0.1, 0.15) is 52.0 Å². The van der Waals surface area contributed by atoms with E-state index in [2.05, 4.69) is 42.8 Å². The highest BCUT2D eigenvalue weighted by Gasteiger charge is 2.44. The van der Waals surface area contributed by atoms with Gasteiger partial charge in [-0.15, -0.1) is 0 Å². The first kappa shape index (κ1) is 39.8. The third-order valence-corrected chi connectivity index (χ3v) is 12.7. The van der Waals surface area contributed by atoms with Crippen LogP contribution in [-0.4, -0.2) is 96.9 Å². The van der Waals surface area contributed by atoms with Crippen molar-refractivity contribution in [3.8, 4) is 5.75 Å². The fourth-order valence-corrected chi connectivity index (χ4v) is 8.81. The third-order valence-electron chi connectivity index (χ3n) is 10.5. The number of ether oxygens (including phenoxy) is 1. The molecule has 4 amide bonds. The molecular weight excluding hydrogens is 775 g/mol. The van der Waals surface area contributed by atoms with Gasteiger partial charge in [-0.25, -0.2) is 4.98 Å². The number of halogens is 1. The fourth-order valence-electron chi connectivity index (χ4n) is 7.43. The molecule has 0 saturated carbocycles. The van der Waals surface area contributed by atoms with E-state index in [0.29, 0.717) is 29.0 Å². The highest BCUT2D eigenvalue weighted by atomic mass is 35.5.